The summed E-state index contributed by atoms with van der Waals surface area (Å²) in [5, 5.41) is 0. The first-order valence-corrected chi connectivity index (χ1v) is 4.87. The molecule has 0 saturated carbocycles. The number of hydrogen-bond donors (Lipinski definition) is 1. The van der Waals surface area contributed by atoms with Crippen molar-refractivity contribution in [2.45, 2.75) is 25.3 Å². The third-order valence-electron chi connectivity index (χ3n) is 2.49. The number of likely N-dealkylation sites (tertiary alicyclic amines) is 1. The van der Waals surface area contributed by atoms with Crippen molar-refractivity contribution < 1.29 is 9.53 Å². The van der Waals surface area contributed by atoms with Gasteiger partial charge in [0.15, 0.2) is 0 Å². The molecule has 0 aromatic carbocycles. The molecule has 1 rings (SSSR count). The van der Waals surface area contributed by atoms with Gasteiger partial charge in [0, 0.05) is 18.6 Å². The molecule has 1 amide bonds. The lowest BCUT2D eigenvalue weighted by Crippen LogP contribution is -2.50. The molecule has 0 bridgehead atoms. The van der Waals surface area contributed by atoms with Crippen molar-refractivity contribution in [3.05, 3.63) is 12.7 Å². The molecule has 4 heteroatoms. The second-order valence-electron chi connectivity index (χ2n) is 4.01. The molecule has 14 heavy (non-hydrogen) atoms. The highest BCUT2D eigenvalue weighted by molar-refractivity contribution is 5.67. The van der Waals surface area contributed by atoms with Crippen LogP contribution in [0.5, 0.6) is 0 Å². The predicted molar refractivity (Wildman–Crippen MR) is 54.9 cm³/mol. The first kappa shape index (κ1) is 11.0. The van der Waals surface area contributed by atoms with Crippen LogP contribution in [-0.4, -0.2) is 36.2 Å². The molecule has 2 N–H and O–H groups in total. The maximum Gasteiger partial charge on any atom is 0.410 e. The Labute approximate surface area is 84.7 Å². The van der Waals surface area contributed by atoms with Gasteiger partial charge in [-0.25, -0.2) is 4.79 Å². The van der Waals surface area contributed by atoms with Crippen molar-refractivity contribution in [1.82, 2.24) is 4.90 Å². The Morgan fingerprint density at radius 1 is 1.64 bits per heavy atom. The minimum absolute atomic E-state index is 0.130. The van der Waals surface area contributed by atoms with Crippen LogP contribution in [0, 0.1) is 0 Å². The molecule has 0 aliphatic carbocycles. The Kier molecular flexibility index (Phi) is 3.52. The molecule has 0 aromatic rings. The van der Waals surface area contributed by atoms with E-state index < -0.39 is 0 Å². The fourth-order valence-electron chi connectivity index (χ4n) is 1.42. The lowest BCUT2D eigenvalue weighted by molar-refractivity contribution is 0.0938. The molecule has 1 fully saturated rings. The summed E-state index contributed by atoms with van der Waals surface area (Å²) in [5.74, 6) is 0. The summed E-state index contributed by atoms with van der Waals surface area (Å²) in [6.45, 7) is 7.14. The summed E-state index contributed by atoms with van der Waals surface area (Å²) in [7, 11) is 0. The minimum Gasteiger partial charge on any atom is -0.445 e. The Hall–Kier alpha value is -1.03. The van der Waals surface area contributed by atoms with Crippen LogP contribution in [-0.2, 0) is 4.74 Å². The molecular weight excluding hydrogens is 180 g/mol. The summed E-state index contributed by atoms with van der Waals surface area (Å²) in [6, 6.07) is 0. The fraction of sp³-hybridized carbons (Fsp3) is 0.700. The Morgan fingerprint density at radius 3 is 2.71 bits per heavy atom. The Balaban J connectivity index is 2.34. The summed E-state index contributed by atoms with van der Waals surface area (Å²) < 4.78 is 4.93. The van der Waals surface area contributed by atoms with Gasteiger partial charge in [-0.2, -0.15) is 0 Å². The molecule has 1 saturated heterocycles. The fourth-order valence-corrected chi connectivity index (χ4v) is 1.42. The molecule has 0 radical (unpaired) electrons. The van der Waals surface area contributed by atoms with Gasteiger partial charge in [-0.15, -0.1) is 0 Å². The lowest BCUT2D eigenvalue weighted by atomic mass is 9.91. The predicted octanol–water partition coefficient (Wildman–Crippen LogP) is 1.12. The van der Waals surface area contributed by atoms with Gasteiger partial charge in [-0.05, 0) is 19.8 Å². The highest BCUT2D eigenvalue weighted by Gasteiger charge is 2.28. The van der Waals surface area contributed by atoms with Gasteiger partial charge in [-0.1, -0.05) is 12.7 Å². The van der Waals surface area contributed by atoms with Crippen molar-refractivity contribution in [1.29, 1.82) is 0 Å². The van der Waals surface area contributed by atoms with Crippen LogP contribution in [0.1, 0.15) is 19.8 Å². The lowest BCUT2D eigenvalue weighted by Gasteiger charge is -2.35. The normalized spacial score (nSPS) is 20.3. The zero-order valence-corrected chi connectivity index (χ0v) is 8.66. The smallest absolute Gasteiger partial charge is 0.410 e. The largest absolute Gasteiger partial charge is 0.445 e. The first-order valence-electron chi connectivity index (χ1n) is 4.87. The van der Waals surface area contributed by atoms with Crippen LogP contribution in [0.25, 0.3) is 0 Å². The monoisotopic (exact) mass is 198 g/mol. The van der Waals surface area contributed by atoms with E-state index in [-0.39, 0.29) is 18.2 Å². The van der Waals surface area contributed by atoms with Gasteiger partial charge >= 0.3 is 6.09 Å². The van der Waals surface area contributed by atoms with Crippen LogP contribution >= 0.6 is 0 Å². The van der Waals surface area contributed by atoms with E-state index in [4.69, 9.17) is 10.5 Å². The second-order valence-corrected chi connectivity index (χ2v) is 4.01. The van der Waals surface area contributed by atoms with Crippen molar-refractivity contribution in [2.24, 2.45) is 5.73 Å². The maximum atomic E-state index is 11.4. The summed E-state index contributed by atoms with van der Waals surface area (Å²) in [4.78, 5) is 13.1. The van der Waals surface area contributed by atoms with Gasteiger partial charge in [0.2, 0.25) is 0 Å². The molecule has 1 heterocycles. The van der Waals surface area contributed by atoms with E-state index in [1.807, 2.05) is 6.92 Å². The minimum atomic E-state index is -0.264. The van der Waals surface area contributed by atoms with E-state index >= 15 is 0 Å². The Morgan fingerprint density at radius 2 is 2.21 bits per heavy atom. The standard InChI is InChI=1S/C10H18N2O2/c1-3-8-14-9(13)12-6-4-10(2,11)5-7-12/h3H,1,4-8,11H2,2H3. The first-order chi connectivity index (χ1) is 6.55. The number of rotatable bonds is 2. The summed E-state index contributed by atoms with van der Waals surface area (Å²) >= 11 is 0. The highest BCUT2D eigenvalue weighted by atomic mass is 16.6. The number of piperidine rings is 1. The van der Waals surface area contributed by atoms with Crippen molar-refractivity contribution in [2.75, 3.05) is 19.7 Å². The van der Waals surface area contributed by atoms with Crippen LogP contribution in [0.15, 0.2) is 12.7 Å². The summed E-state index contributed by atoms with van der Waals surface area (Å²) in [6.07, 6.45) is 2.96. The molecule has 4 nitrogen and oxygen atoms in total. The number of nitrogens with zero attached hydrogens (tertiary/aromatic N) is 1. The van der Waals surface area contributed by atoms with E-state index in [1.54, 1.807) is 11.0 Å². The number of amides is 1. The maximum absolute atomic E-state index is 11.4. The number of nitrogens with two attached hydrogens (primary N) is 1. The van der Waals surface area contributed by atoms with Gasteiger partial charge in [0.05, 0.1) is 0 Å². The highest BCUT2D eigenvalue weighted by Crippen LogP contribution is 2.18. The Bertz CT molecular complexity index is 216. The van der Waals surface area contributed by atoms with Crippen molar-refractivity contribution in [3.8, 4) is 0 Å². The zero-order chi connectivity index (χ0) is 10.6. The van der Waals surface area contributed by atoms with E-state index in [2.05, 4.69) is 6.58 Å². The quantitative estimate of drug-likeness (QED) is 0.676. The van der Waals surface area contributed by atoms with E-state index in [1.165, 1.54) is 0 Å². The molecule has 1 aliphatic heterocycles. The molecular formula is C10H18N2O2. The number of ether oxygens (including phenoxy) is 1. The average molecular weight is 198 g/mol. The van der Waals surface area contributed by atoms with Crippen LogP contribution < -0.4 is 5.73 Å². The van der Waals surface area contributed by atoms with Crippen LogP contribution in [0.2, 0.25) is 0 Å². The third kappa shape index (κ3) is 3.03. The van der Waals surface area contributed by atoms with E-state index in [9.17, 15) is 4.79 Å². The molecule has 0 unspecified atom stereocenters. The zero-order valence-electron chi connectivity index (χ0n) is 8.66. The molecule has 0 atom stereocenters. The summed E-state index contributed by atoms with van der Waals surface area (Å²) in [5.41, 5.74) is 5.82. The number of carbonyl (C=O) groups is 1. The topological polar surface area (TPSA) is 55.6 Å². The number of hydrogen-bond acceptors (Lipinski definition) is 3. The van der Waals surface area contributed by atoms with Gasteiger partial charge in [-0.3, -0.25) is 0 Å². The van der Waals surface area contributed by atoms with Gasteiger partial charge in [0.25, 0.3) is 0 Å². The molecule has 80 valence electrons. The van der Waals surface area contributed by atoms with Crippen molar-refractivity contribution in [3.63, 3.8) is 0 Å². The van der Waals surface area contributed by atoms with Gasteiger partial charge in [0.1, 0.15) is 6.61 Å². The van der Waals surface area contributed by atoms with Crippen LogP contribution in [0.3, 0.4) is 0 Å². The van der Waals surface area contributed by atoms with Gasteiger partial charge < -0.3 is 15.4 Å². The second kappa shape index (κ2) is 4.46. The number of carbonyl (C=O) groups excluding carboxylic acids is 1. The van der Waals surface area contributed by atoms with Crippen LogP contribution in [0.4, 0.5) is 4.79 Å². The molecule has 1 aliphatic rings. The average Bonchev–Trinajstić information content (AvgIpc) is 2.14. The molecule has 0 aromatic heterocycles. The third-order valence-corrected chi connectivity index (χ3v) is 2.49. The van der Waals surface area contributed by atoms with E-state index in [0.717, 1.165) is 12.8 Å². The molecule has 0 spiro atoms. The van der Waals surface area contributed by atoms with Crippen molar-refractivity contribution >= 4 is 6.09 Å². The van der Waals surface area contributed by atoms with E-state index in [0.29, 0.717) is 13.1 Å². The SMILES string of the molecule is C=CCOC(=O)N1CCC(C)(N)CC1.